The summed E-state index contributed by atoms with van der Waals surface area (Å²) in [6.07, 6.45) is 1.59. The molecule has 2 heterocycles. The molecule has 0 saturated carbocycles. The van der Waals surface area contributed by atoms with Crippen molar-refractivity contribution in [1.82, 2.24) is 9.80 Å². The van der Waals surface area contributed by atoms with E-state index in [4.69, 9.17) is 11.6 Å². The molecule has 2 aromatic rings. The highest BCUT2D eigenvalue weighted by Crippen LogP contribution is 2.44. The van der Waals surface area contributed by atoms with Gasteiger partial charge in [0.15, 0.2) is 0 Å². The highest BCUT2D eigenvalue weighted by atomic mass is 35.5. The van der Waals surface area contributed by atoms with Crippen LogP contribution in [-0.2, 0) is 5.41 Å². The van der Waals surface area contributed by atoms with Gasteiger partial charge in [0, 0.05) is 41.5 Å². The number of halogens is 1. The maximum Gasteiger partial charge on any atom is 0.254 e. The summed E-state index contributed by atoms with van der Waals surface area (Å²) in [5.41, 5.74) is 2.69. The monoisotopic (exact) mass is 456 g/mol. The summed E-state index contributed by atoms with van der Waals surface area (Å²) < 4.78 is 0. The minimum Gasteiger partial charge on any atom is -0.338 e. The average molecular weight is 457 g/mol. The Morgan fingerprint density at radius 2 is 1.42 bits per heavy atom. The summed E-state index contributed by atoms with van der Waals surface area (Å²) in [4.78, 5) is 30.0. The van der Waals surface area contributed by atoms with E-state index in [1.165, 1.54) is 5.56 Å². The van der Waals surface area contributed by atoms with Gasteiger partial charge < -0.3 is 9.80 Å². The molecule has 0 N–H and O–H groups in total. The molecule has 0 atom stereocenters. The van der Waals surface area contributed by atoms with Crippen molar-refractivity contribution in [3.63, 3.8) is 0 Å². The fraction of sp³-hybridized carbons (Fsp3) is 0.440. The van der Waals surface area contributed by atoms with Gasteiger partial charge in [-0.1, -0.05) is 44.5 Å². The van der Waals surface area contributed by atoms with E-state index in [1.807, 2.05) is 33.7 Å². The number of thioether (sulfide) groups is 1. The standard InChI is InChI=1S/C25H29ClN2O2S/c1-24(2,3)20-8-4-18(5-9-20)22(29)27-14-12-25(13-15-27)28(16-17-31-25)23(30)19-6-10-21(26)11-7-19/h4-11H,12-17H2,1-3H3. The van der Waals surface area contributed by atoms with Crippen LogP contribution in [0.25, 0.3) is 0 Å². The molecule has 2 aliphatic rings. The minimum absolute atomic E-state index is 0.0548. The Bertz CT molecular complexity index is 959. The Hall–Kier alpha value is -1.98. The number of amides is 2. The van der Waals surface area contributed by atoms with Gasteiger partial charge in [-0.05, 0) is 60.2 Å². The number of piperidine rings is 1. The molecule has 2 aliphatic heterocycles. The van der Waals surface area contributed by atoms with Crippen LogP contribution in [0.4, 0.5) is 0 Å². The zero-order chi connectivity index (χ0) is 22.2. The number of carbonyl (C=O) groups excluding carboxylic acids is 2. The smallest absolute Gasteiger partial charge is 0.254 e. The molecular formula is C25H29ClN2O2S. The Labute approximate surface area is 193 Å². The van der Waals surface area contributed by atoms with Crippen molar-refractivity contribution in [1.29, 1.82) is 0 Å². The first kappa shape index (κ1) is 22.2. The largest absolute Gasteiger partial charge is 0.338 e. The second kappa shape index (κ2) is 8.51. The summed E-state index contributed by atoms with van der Waals surface area (Å²) in [6, 6.07) is 15.1. The molecule has 2 saturated heterocycles. The van der Waals surface area contributed by atoms with Crippen LogP contribution in [0.3, 0.4) is 0 Å². The number of benzene rings is 2. The summed E-state index contributed by atoms with van der Waals surface area (Å²) in [6.45, 7) is 8.58. The third-order valence-electron chi connectivity index (χ3n) is 6.34. The van der Waals surface area contributed by atoms with Crippen molar-refractivity contribution in [3.8, 4) is 0 Å². The number of hydrogen-bond acceptors (Lipinski definition) is 3. The molecular weight excluding hydrogens is 428 g/mol. The zero-order valence-electron chi connectivity index (χ0n) is 18.4. The Morgan fingerprint density at radius 1 is 0.871 bits per heavy atom. The molecule has 0 bridgehead atoms. The summed E-state index contributed by atoms with van der Waals surface area (Å²) >= 11 is 7.83. The lowest BCUT2D eigenvalue weighted by Gasteiger charge is -2.44. The normalized spacial score (nSPS) is 18.5. The molecule has 6 heteroatoms. The third-order valence-corrected chi connectivity index (χ3v) is 8.15. The number of rotatable bonds is 2. The minimum atomic E-state index is -0.219. The Kier molecular flexibility index (Phi) is 6.10. The van der Waals surface area contributed by atoms with E-state index in [0.717, 1.165) is 30.7 Å². The topological polar surface area (TPSA) is 40.6 Å². The highest BCUT2D eigenvalue weighted by Gasteiger charge is 2.47. The van der Waals surface area contributed by atoms with Gasteiger partial charge in [-0.3, -0.25) is 9.59 Å². The van der Waals surface area contributed by atoms with E-state index in [-0.39, 0.29) is 22.1 Å². The van der Waals surface area contributed by atoms with Crippen molar-refractivity contribution in [2.75, 3.05) is 25.4 Å². The quantitative estimate of drug-likeness (QED) is 0.602. The highest BCUT2D eigenvalue weighted by molar-refractivity contribution is 8.00. The van der Waals surface area contributed by atoms with Gasteiger partial charge >= 0.3 is 0 Å². The van der Waals surface area contributed by atoms with E-state index in [9.17, 15) is 9.59 Å². The first-order chi connectivity index (χ1) is 14.7. The van der Waals surface area contributed by atoms with Crippen molar-refractivity contribution >= 4 is 35.2 Å². The number of likely N-dealkylation sites (tertiary alicyclic amines) is 1. The molecule has 4 rings (SSSR count). The SMILES string of the molecule is CC(C)(C)c1ccc(C(=O)N2CCC3(CC2)SCCN3C(=O)c2ccc(Cl)cc2)cc1. The van der Waals surface area contributed by atoms with Gasteiger partial charge in [0.25, 0.3) is 11.8 Å². The van der Waals surface area contributed by atoms with Crippen LogP contribution in [-0.4, -0.2) is 51.9 Å². The summed E-state index contributed by atoms with van der Waals surface area (Å²) in [7, 11) is 0. The van der Waals surface area contributed by atoms with Crippen LogP contribution in [0.1, 0.15) is 59.9 Å². The van der Waals surface area contributed by atoms with Gasteiger partial charge in [0.2, 0.25) is 0 Å². The molecule has 0 aromatic heterocycles. The molecule has 2 fully saturated rings. The van der Waals surface area contributed by atoms with Crippen LogP contribution >= 0.6 is 23.4 Å². The first-order valence-corrected chi connectivity index (χ1v) is 12.2. The average Bonchev–Trinajstić information content (AvgIpc) is 3.16. The van der Waals surface area contributed by atoms with E-state index in [0.29, 0.717) is 23.7 Å². The molecule has 1 spiro atoms. The fourth-order valence-electron chi connectivity index (χ4n) is 4.41. The Morgan fingerprint density at radius 3 is 2.00 bits per heavy atom. The number of carbonyl (C=O) groups is 2. The van der Waals surface area contributed by atoms with E-state index >= 15 is 0 Å². The van der Waals surface area contributed by atoms with Gasteiger partial charge in [0.1, 0.15) is 0 Å². The molecule has 2 amide bonds. The zero-order valence-corrected chi connectivity index (χ0v) is 19.9. The fourth-order valence-corrected chi connectivity index (χ4v) is 5.99. The summed E-state index contributed by atoms with van der Waals surface area (Å²) in [5, 5.41) is 0.629. The van der Waals surface area contributed by atoms with Crippen LogP contribution < -0.4 is 0 Å². The molecule has 0 radical (unpaired) electrons. The number of nitrogens with zero attached hydrogens (tertiary/aromatic N) is 2. The first-order valence-electron chi connectivity index (χ1n) is 10.8. The van der Waals surface area contributed by atoms with Crippen LogP contribution in [0.15, 0.2) is 48.5 Å². The van der Waals surface area contributed by atoms with Gasteiger partial charge in [0.05, 0.1) is 4.87 Å². The lowest BCUT2D eigenvalue weighted by atomic mass is 9.86. The second-order valence-electron chi connectivity index (χ2n) is 9.38. The van der Waals surface area contributed by atoms with Crippen molar-refractivity contribution in [3.05, 3.63) is 70.2 Å². The maximum atomic E-state index is 13.2. The van der Waals surface area contributed by atoms with Crippen molar-refractivity contribution < 1.29 is 9.59 Å². The molecule has 2 aromatic carbocycles. The van der Waals surface area contributed by atoms with Crippen LogP contribution in [0.2, 0.25) is 5.02 Å². The van der Waals surface area contributed by atoms with Crippen LogP contribution in [0.5, 0.6) is 0 Å². The Balaban J connectivity index is 1.44. The predicted molar refractivity (Wildman–Crippen MR) is 128 cm³/mol. The summed E-state index contributed by atoms with van der Waals surface area (Å²) in [5.74, 6) is 1.06. The molecule has 4 nitrogen and oxygen atoms in total. The van der Waals surface area contributed by atoms with Crippen LogP contribution in [0, 0.1) is 0 Å². The van der Waals surface area contributed by atoms with Gasteiger partial charge in [-0.15, -0.1) is 11.8 Å². The van der Waals surface area contributed by atoms with Gasteiger partial charge in [-0.2, -0.15) is 0 Å². The van der Waals surface area contributed by atoms with Crippen molar-refractivity contribution in [2.45, 2.75) is 43.9 Å². The van der Waals surface area contributed by atoms with E-state index in [2.05, 4.69) is 32.9 Å². The predicted octanol–water partition coefficient (Wildman–Crippen LogP) is 5.46. The third kappa shape index (κ3) is 4.49. The van der Waals surface area contributed by atoms with Crippen molar-refractivity contribution in [2.24, 2.45) is 0 Å². The molecule has 0 unspecified atom stereocenters. The molecule has 31 heavy (non-hydrogen) atoms. The maximum absolute atomic E-state index is 13.2. The lowest BCUT2D eigenvalue weighted by molar-refractivity contribution is 0.0498. The van der Waals surface area contributed by atoms with E-state index < -0.39 is 0 Å². The van der Waals surface area contributed by atoms with E-state index in [1.54, 1.807) is 24.3 Å². The van der Waals surface area contributed by atoms with Gasteiger partial charge in [-0.25, -0.2) is 0 Å². The second-order valence-corrected chi connectivity index (χ2v) is 11.3. The number of hydrogen-bond donors (Lipinski definition) is 0. The molecule has 0 aliphatic carbocycles. The lowest BCUT2D eigenvalue weighted by Crippen LogP contribution is -2.53. The molecule has 164 valence electrons.